The highest BCUT2D eigenvalue weighted by atomic mass is 32.2. The summed E-state index contributed by atoms with van der Waals surface area (Å²) in [6.07, 6.45) is 10.6. The van der Waals surface area contributed by atoms with Crippen molar-refractivity contribution in [3.63, 3.8) is 0 Å². The van der Waals surface area contributed by atoms with Gasteiger partial charge in [0.25, 0.3) is 0 Å². The Labute approximate surface area is 177 Å². The van der Waals surface area contributed by atoms with E-state index in [1.54, 1.807) is 0 Å². The van der Waals surface area contributed by atoms with Crippen LogP contribution in [0, 0.1) is 0 Å². The molecule has 0 amide bonds. The van der Waals surface area contributed by atoms with Gasteiger partial charge in [-0.05, 0) is 45.7 Å². The number of rotatable bonds is 7. The molecule has 2 heterocycles. The van der Waals surface area contributed by atoms with Crippen molar-refractivity contribution in [2.24, 2.45) is 4.99 Å². The Balaban J connectivity index is 1.53. The summed E-state index contributed by atoms with van der Waals surface area (Å²) in [5.41, 5.74) is 0.252. The molecule has 7 nitrogen and oxygen atoms in total. The third-order valence-corrected chi connectivity index (χ3v) is 8.45. The first-order valence-electron chi connectivity index (χ1n) is 11.7. The lowest BCUT2D eigenvalue weighted by atomic mass is 9.79. The number of sulfone groups is 1. The zero-order valence-electron chi connectivity index (χ0n) is 18.3. The summed E-state index contributed by atoms with van der Waals surface area (Å²) < 4.78 is 23.2. The van der Waals surface area contributed by atoms with Gasteiger partial charge in [0.1, 0.15) is 0 Å². The minimum absolute atomic E-state index is 0.252. The van der Waals surface area contributed by atoms with Crippen LogP contribution in [0.2, 0.25) is 0 Å². The van der Waals surface area contributed by atoms with Gasteiger partial charge in [-0.2, -0.15) is 0 Å². The number of guanidine groups is 1. The Morgan fingerprint density at radius 3 is 2.24 bits per heavy atom. The topological polar surface area (TPSA) is 77.0 Å². The fraction of sp³-hybridized carbons (Fsp3) is 0.952. The smallest absolute Gasteiger partial charge is 0.191 e. The minimum atomic E-state index is -2.81. The van der Waals surface area contributed by atoms with Crippen molar-refractivity contribution in [2.45, 2.75) is 63.8 Å². The maximum absolute atomic E-state index is 11.6. The van der Waals surface area contributed by atoms with Crippen LogP contribution >= 0.6 is 0 Å². The zero-order chi connectivity index (χ0) is 20.6. The molecule has 8 heteroatoms. The van der Waals surface area contributed by atoms with Crippen molar-refractivity contribution in [2.75, 3.05) is 63.9 Å². The lowest BCUT2D eigenvalue weighted by molar-refractivity contribution is 0.0407. The van der Waals surface area contributed by atoms with Crippen LogP contribution in [0.15, 0.2) is 4.99 Å². The van der Waals surface area contributed by atoms with Crippen molar-refractivity contribution in [3.05, 3.63) is 0 Å². The van der Waals surface area contributed by atoms with Crippen LogP contribution in [0.5, 0.6) is 0 Å². The van der Waals surface area contributed by atoms with Gasteiger partial charge >= 0.3 is 0 Å². The van der Waals surface area contributed by atoms with E-state index >= 15 is 0 Å². The second kappa shape index (κ2) is 11.0. The predicted octanol–water partition coefficient (Wildman–Crippen LogP) is 1.46. The SMILES string of the molecule is CCNC(=NCC1(N2CCCCC2)CCCCC1)NCCN1CCS(=O)(=O)CC1. The van der Waals surface area contributed by atoms with Crippen LogP contribution in [0.1, 0.15) is 58.3 Å². The van der Waals surface area contributed by atoms with E-state index in [0.29, 0.717) is 24.6 Å². The van der Waals surface area contributed by atoms with Crippen molar-refractivity contribution in [1.29, 1.82) is 0 Å². The minimum Gasteiger partial charge on any atom is -0.357 e. The van der Waals surface area contributed by atoms with Crippen LogP contribution in [0.4, 0.5) is 0 Å². The molecule has 2 N–H and O–H groups in total. The summed E-state index contributed by atoms with van der Waals surface area (Å²) in [5, 5.41) is 6.88. The quantitative estimate of drug-likeness (QED) is 0.473. The van der Waals surface area contributed by atoms with Crippen LogP contribution < -0.4 is 10.6 Å². The van der Waals surface area contributed by atoms with Crippen LogP contribution in [0.3, 0.4) is 0 Å². The Hall–Kier alpha value is -0.860. The number of hydrogen-bond donors (Lipinski definition) is 2. The summed E-state index contributed by atoms with van der Waals surface area (Å²) >= 11 is 0. The summed E-state index contributed by atoms with van der Waals surface area (Å²) in [7, 11) is -2.81. The van der Waals surface area contributed by atoms with E-state index in [2.05, 4.69) is 27.4 Å². The average molecular weight is 428 g/mol. The molecule has 0 aromatic rings. The van der Waals surface area contributed by atoms with E-state index in [-0.39, 0.29) is 5.54 Å². The molecule has 1 aliphatic carbocycles. The third-order valence-electron chi connectivity index (χ3n) is 6.84. The predicted molar refractivity (Wildman–Crippen MR) is 120 cm³/mol. The lowest BCUT2D eigenvalue weighted by Gasteiger charge is -2.47. The van der Waals surface area contributed by atoms with Gasteiger partial charge < -0.3 is 10.6 Å². The van der Waals surface area contributed by atoms with E-state index < -0.39 is 9.84 Å². The van der Waals surface area contributed by atoms with Crippen molar-refractivity contribution in [3.8, 4) is 0 Å². The molecule has 29 heavy (non-hydrogen) atoms. The first-order valence-corrected chi connectivity index (χ1v) is 13.6. The van der Waals surface area contributed by atoms with E-state index in [1.165, 1.54) is 64.5 Å². The number of hydrogen-bond acceptors (Lipinski definition) is 5. The largest absolute Gasteiger partial charge is 0.357 e. The van der Waals surface area contributed by atoms with E-state index in [0.717, 1.165) is 32.1 Å². The highest BCUT2D eigenvalue weighted by Gasteiger charge is 2.38. The fourth-order valence-electron chi connectivity index (χ4n) is 5.03. The molecule has 3 fully saturated rings. The summed E-state index contributed by atoms with van der Waals surface area (Å²) in [6, 6.07) is 0. The first-order chi connectivity index (χ1) is 14.0. The normalized spacial score (nSPS) is 26.2. The molecule has 0 aromatic heterocycles. The molecule has 168 valence electrons. The number of nitrogens with zero attached hydrogens (tertiary/aromatic N) is 3. The van der Waals surface area contributed by atoms with Gasteiger partial charge in [-0.15, -0.1) is 0 Å². The monoisotopic (exact) mass is 427 g/mol. The van der Waals surface area contributed by atoms with Crippen molar-refractivity contribution < 1.29 is 8.42 Å². The Bertz CT molecular complexity index is 611. The van der Waals surface area contributed by atoms with E-state index in [9.17, 15) is 8.42 Å². The van der Waals surface area contributed by atoms with Crippen molar-refractivity contribution in [1.82, 2.24) is 20.4 Å². The highest BCUT2D eigenvalue weighted by molar-refractivity contribution is 7.91. The second-order valence-corrected chi connectivity index (χ2v) is 11.3. The van der Waals surface area contributed by atoms with Gasteiger partial charge in [-0.3, -0.25) is 14.8 Å². The Morgan fingerprint density at radius 2 is 1.59 bits per heavy atom. The molecule has 3 rings (SSSR count). The molecule has 0 aromatic carbocycles. The number of nitrogens with one attached hydrogen (secondary N) is 2. The van der Waals surface area contributed by atoms with Gasteiger partial charge in [0.2, 0.25) is 0 Å². The van der Waals surface area contributed by atoms with Crippen LogP contribution in [0.25, 0.3) is 0 Å². The maximum atomic E-state index is 11.6. The molecular weight excluding hydrogens is 386 g/mol. The fourth-order valence-corrected chi connectivity index (χ4v) is 6.30. The Kier molecular flexibility index (Phi) is 8.62. The lowest BCUT2D eigenvalue weighted by Crippen LogP contribution is -2.55. The number of piperidine rings is 1. The zero-order valence-corrected chi connectivity index (χ0v) is 19.1. The van der Waals surface area contributed by atoms with Gasteiger partial charge in [0.05, 0.1) is 18.1 Å². The standard InChI is InChI=1S/C21H41N5O2S/c1-2-22-20(23-11-14-25-15-17-29(27,28)18-16-25)24-19-21(9-5-3-6-10-21)26-12-7-4-8-13-26/h2-19H2,1H3,(H2,22,23,24). The molecule has 0 radical (unpaired) electrons. The van der Waals surface area contributed by atoms with E-state index in [1.807, 2.05) is 0 Å². The molecule has 0 unspecified atom stereocenters. The summed E-state index contributed by atoms with van der Waals surface area (Å²) in [6.45, 7) is 9.25. The molecular formula is C21H41N5O2S. The number of likely N-dealkylation sites (tertiary alicyclic amines) is 1. The molecule has 0 atom stereocenters. The van der Waals surface area contributed by atoms with Gasteiger partial charge in [0.15, 0.2) is 15.8 Å². The van der Waals surface area contributed by atoms with Gasteiger partial charge in [-0.25, -0.2) is 8.42 Å². The van der Waals surface area contributed by atoms with Gasteiger partial charge in [0, 0.05) is 38.3 Å². The molecule has 2 saturated heterocycles. The molecule has 0 spiro atoms. The second-order valence-electron chi connectivity index (χ2n) is 8.95. The molecule has 1 saturated carbocycles. The molecule has 2 aliphatic heterocycles. The maximum Gasteiger partial charge on any atom is 0.191 e. The highest BCUT2D eigenvalue weighted by Crippen LogP contribution is 2.35. The van der Waals surface area contributed by atoms with Crippen LogP contribution in [-0.2, 0) is 9.84 Å². The number of aliphatic imine (C=N–C) groups is 1. The first kappa shape index (κ1) is 22.8. The summed E-state index contributed by atoms with van der Waals surface area (Å²) in [4.78, 5) is 10.0. The summed E-state index contributed by atoms with van der Waals surface area (Å²) in [5.74, 6) is 1.48. The molecule has 0 bridgehead atoms. The average Bonchev–Trinajstić information content (AvgIpc) is 2.74. The van der Waals surface area contributed by atoms with Crippen molar-refractivity contribution >= 4 is 15.8 Å². The Morgan fingerprint density at radius 1 is 0.931 bits per heavy atom. The third kappa shape index (κ3) is 6.82. The van der Waals surface area contributed by atoms with E-state index in [4.69, 9.17) is 4.99 Å². The molecule has 3 aliphatic rings. The van der Waals surface area contributed by atoms with Crippen LogP contribution in [-0.4, -0.2) is 93.6 Å². The van der Waals surface area contributed by atoms with Gasteiger partial charge in [-0.1, -0.05) is 25.7 Å².